The molecule has 0 bridgehead atoms. The molecular weight excluding hydrogens is 406 g/mol. The second kappa shape index (κ2) is 9.54. The molecular formula is C24H31N5O3. The number of aromatic nitrogens is 4. The number of hydrogen-bond donors (Lipinski definition) is 1. The molecule has 0 aliphatic heterocycles. The van der Waals surface area contributed by atoms with E-state index in [1.807, 2.05) is 34.9 Å². The van der Waals surface area contributed by atoms with Crippen LogP contribution in [0.4, 0.5) is 0 Å². The van der Waals surface area contributed by atoms with Crippen LogP contribution in [0.15, 0.2) is 46.2 Å². The Morgan fingerprint density at radius 3 is 2.53 bits per heavy atom. The number of nitrogens with one attached hydrogen (secondary N) is 1. The van der Waals surface area contributed by atoms with Crippen LogP contribution < -0.4 is 16.6 Å². The predicted molar refractivity (Wildman–Crippen MR) is 124 cm³/mol. The fraction of sp³-hybridized carbons (Fsp3) is 0.500. The van der Waals surface area contributed by atoms with E-state index >= 15 is 0 Å². The van der Waals surface area contributed by atoms with Crippen molar-refractivity contribution in [1.29, 1.82) is 0 Å². The molecule has 1 fully saturated rings. The molecule has 4 rings (SSSR count). The predicted octanol–water partition coefficient (Wildman–Crippen LogP) is 2.69. The molecule has 8 heteroatoms. The molecule has 1 N–H and O–H groups in total. The van der Waals surface area contributed by atoms with E-state index in [4.69, 9.17) is 0 Å². The van der Waals surface area contributed by atoms with E-state index in [0.717, 1.165) is 42.2 Å². The Balaban J connectivity index is 1.77. The first kappa shape index (κ1) is 22.0. The maximum atomic E-state index is 13.4. The zero-order valence-electron chi connectivity index (χ0n) is 18.8. The van der Waals surface area contributed by atoms with Gasteiger partial charge in [-0.05, 0) is 30.7 Å². The van der Waals surface area contributed by atoms with Gasteiger partial charge < -0.3 is 9.88 Å². The topological polar surface area (TPSA) is 90.9 Å². The van der Waals surface area contributed by atoms with Gasteiger partial charge in [0.15, 0.2) is 11.2 Å². The molecule has 1 aliphatic carbocycles. The van der Waals surface area contributed by atoms with Crippen molar-refractivity contribution >= 4 is 17.1 Å². The first-order valence-electron chi connectivity index (χ1n) is 11.5. The first-order valence-corrected chi connectivity index (χ1v) is 11.5. The number of rotatable bonds is 8. The molecule has 1 saturated carbocycles. The minimum atomic E-state index is -0.512. The van der Waals surface area contributed by atoms with Crippen molar-refractivity contribution in [3.8, 4) is 0 Å². The maximum absolute atomic E-state index is 13.4. The average Bonchev–Trinajstić information content (AvgIpc) is 3.44. The number of nitrogens with zero attached hydrogens (tertiary/aromatic N) is 4. The number of benzene rings is 1. The zero-order chi connectivity index (χ0) is 22.7. The molecule has 3 aromatic rings. The van der Waals surface area contributed by atoms with Gasteiger partial charge in [0, 0.05) is 12.6 Å². The van der Waals surface area contributed by atoms with Gasteiger partial charge in [-0.15, -0.1) is 0 Å². The summed E-state index contributed by atoms with van der Waals surface area (Å²) < 4.78 is 4.49. The minimum Gasteiger partial charge on any atom is -0.355 e. The van der Waals surface area contributed by atoms with Gasteiger partial charge in [0.25, 0.3) is 5.56 Å². The fourth-order valence-electron chi connectivity index (χ4n) is 4.41. The van der Waals surface area contributed by atoms with Gasteiger partial charge in [0.2, 0.25) is 5.91 Å². The van der Waals surface area contributed by atoms with Gasteiger partial charge in [-0.1, -0.05) is 57.0 Å². The third-order valence-electron chi connectivity index (χ3n) is 6.19. The summed E-state index contributed by atoms with van der Waals surface area (Å²) in [4.78, 5) is 43.8. The van der Waals surface area contributed by atoms with Crippen LogP contribution in [0.25, 0.3) is 11.2 Å². The number of carbonyl (C=O) groups excluding carboxylic acids is 1. The number of hydrogen-bond acceptors (Lipinski definition) is 4. The van der Waals surface area contributed by atoms with E-state index in [0.29, 0.717) is 23.6 Å². The number of amides is 1. The summed E-state index contributed by atoms with van der Waals surface area (Å²) in [6, 6.07) is 9.79. The van der Waals surface area contributed by atoms with Crippen LogP contribution in [0.3, 0.4) is 0 Å². The van der Waals surface area contributed by atoms with Crippen molar-refractivity contribution in [3.63, 3.8) is 0 Å². The standard InChI is InChI=1S/C24H31N5O3/c1-17(2)12-13-25-20(30)15-28-23(31)21-22(26-16-29(21)19-10-6-7-11-19)27(24(28)32)14-18-8-4-3-5-9-18/h3-5,8-9,16-17,19H,6-7,10-15H2,1-2H3,(H,25,30). The van der Waals surface area contributed by atoms with Crippen LogP contribution in [-0.4, -0.2) is 31.1 Å². The average molecular weight is 438 g/mol. The van der Waals surface area contributed by atoms with Crippen molar-refractivity contribution in [1.82, 2.24) is 24.0 Å². The Bertz CT molecular complexity index is 1200. The molecule has 170 valence electrons. The largest absolute Gasteiger partial charge is 0.355 e. The third-order valence-corrected chi connectivity index (χ3v) is 6.19. The number of fused-ring (bicyclic) bond motifs is 1. The number of imidazole rings is 1. The van der Waals surface area contributed by atoms with Crippen LogP contribution in [0.1, 0.15) is 57.6 Å². The highest BCUT2D eigenvalue weighted by Crippen LogP contribution is 2.31. The Morgan fingerprint density at radius 1 is 1.12 bits per heavy atom. The molecule has 0 radical (unpaired) electrons. The van der Waals surface area contributed by atoms with Gasteiger partial charge in [0.1, 0.15) is 6.54 Å². The Morgan fingerprint density at radius 2 is 1.84 bits per heavy atom. The third kappa shape index (κ3) is 4.54. The minimum absolute atomic E-state index is 0.198. The number of carbonyl (C=O) groups is 1. The molecule has 32 heavy (non-hydrogen) atoms. The zero-order valence-corrected chi connectivity index (χ0v) is 18.8. The monoisotopic (exact) mass is 437 g/mol. The second-order valence-corrected chi connectivity index (χ2v) is 9.04. The smallest absolute Gasteiger partial charge is 0.333 e. The van der Waals surface area contributed by atoms with Crippen molar-refractivity contribution in [2.45, 2.75) is 65.1 Å². The summed E-state index contributed by atoms with van der Waals surface area (Å²) >= 11 is 0. The summed E-state index contributed by atoms with van der Waals surface area (Å²) in [5, 5.41) is 2.83. The molecule has 0 atom stereocenters. The van der Waals surface area contributed by atoms with E-state index in [9.17, 15) is 14.4 Å². The first-order chi connectivity index (χ1) is 15.5. The molecule has 0 saturated heterocycles. The lowest BCUT2D eigenvalue weighted by Crippen LogP contribution is -2.44. The van der Waals surface area contributed by atoms with E-state index in [-0.39, 0.29) is 25.0 Å². The van der Waals surface area contributed by atoms with Crippen LogP contribution in [0.2, 0.25) is 0 Å². The Kier molecular flexibility index (Phi) is 6.58. The summed E-state index contributed by atoms with van der Waals surface area (Å²) in [6.45, 7) is 4.67. The highest BCUT2D eigenvalue weighted by Gasteiger charge is 2.24. The van der Waals surface area contributed by atoms with E-state index < -0.39 is 11.2 Å². The SMILES string of the molecule is CC(C)CCNC(=O)Cn1c(=O)c2c(ncn2C2CCCC2)n(Cc2ccccc2)c1=O. The lowest BCUT2D eigenvalue weighted by Gasteiger charge is -2.15. The molecule has 0 spiro atoms. The Labute approximate surface area is 186 Å². The van der Waals surface area contributed by atoms with Crippen molar-refractivity contribution in [2.24, 2.45) is 5.92 Å². The highest BCUT2D eigenvalue weighted by molar-refractivity contribution is 5.76. The molecule has 1 aliphatic rings. The molecule has 0 unspecified atom stereocenters. The van der Waals surface area contributed by atoms with Gasteiger partial charge in [-0.2, -0.15) is 0 Å². The van der Waals surface area contributed by atoms with Crippen LogP contribution in [-0.2, 0) is 17.9 Å². The molecule has 8 nitrogen and oxygen atoms in total. The van der Waals surface area contributed by atoms with Crippen LogP contribution >= 0.6 is 0 Å². The lowest BCUT2D eigenvalue weighted by atomic mass is 10.1. The summed E-state index contributed by atoms with van der Waals surface area (Å²) in [5.41, 5.74) is 0.757. The van der Waals surface area contributed by atoms with Gasteiger partial charge in [-0.25, -0.2) is 14.3 Å². The van der Waals surface area contributed by atoms with Crippen molar-refractivity contribution in [2.75, 3.05) is 6.54 Å². The van der Waals surface area contributed by atoms with E-state index in [1.54, 1.807) is 6.33 Å². The quantitative estimate of drug-likeness (QED) is 0.587. The van der Waals surface area contributed by atoms with Gasteiger partial charge in [-0.3, -0.25) is 14.2 Å². The van der Waals surface area contributed by atoms with Gasteiger partial charge in [0.05, 0.1) is 12.9 Å². The van der Waals surface area contributed by atoms with Crippen molar-refractivity contribution in [3.05, 3.63) is 63.1 Å². The molecule has 1 amide bonds. The molecule has 2 heterocycles. The molecule has 1 aromatic carbocycles. The fourth-order valence-corrected chi connectivity index (χ4v) is 4.41. The van der Waals surface area contributed by atoms with Crippen LogP contribution in [0.5, 0.6) is 0 Å². The molecule has 2 aromatic heterocycles. The van der Waals surface area contributed by atoms with E-state index in [1.165, 1.54) is 4.57 Å². The maximum Gasteiger partial charge on any atom is 0.333 e. The summed E-state index contributed by atoms with van der Waals surface area (Å²) in [6.07, 6.45) is 6.71. The van der Waals surface area contributed by atoms with E-state index in [2.05, 4.69) is 24.1 Å². The highest BCUT2D eigenvalue weighted by atomic mass is 16.2. The lowest BCUT2D eigenvalue weighted by molar-refractivity contribution is -0.121. The van der Waals surface area contributed by atoms with Crippen molar-refractivity contribution < 1.29 is 4.79 Å². The summed E-state index contributed by atoms with van der Waals surface area (Å²) in [7, 11) is 0. The summed E-state index contributed by atoms with van der Waals surface area (Å²) in [5.74, 6) is 0.126. The van der Waals surface area contributed by atoms with Crippen LogP contribution in [0, 0.1) is 5.92 Å². The normalized spacial score (nSPS) is 14.5. The Hall–Kier alpha value is -3.16. The second-order valence-electron chi connectivity index (χ2n) is 9.04. The van der Waals surface area contributed by atoms with Gasteiger partial charge >= 0.3 is 5.69 Å².